The fraction of sp³-hybridized carbons (Fsp3) is 0.238. The van der Waals surface area contributed by atoms with Crippen LogP contribution in [-0.4, -0.2) is 24.7 Å². The molecule has 0 unspecified atom stereocenters. The zero-order valence-corrected chi connectivity index (χ0v) is 17.1. The van der Waals surface area contributed by atoms with Gasteiger partial charge in [0.15, 0.2) is 0 Å². The molecule has 2 heterocycles. The van der Waals surface area contributed by atoms with Gasteiger partial charge >= 0.3 is 5.69 Å². The van der Waals surface area contributed by atoms with Crippen LogP contribution in [0.2, 0.25) is 5.02 Å². The third kappa shape index (κ3) is 3.50. The Morgan fingerprint density at radius 2 is 1.83 bits per heavy atom. The van der Waals surface area contributed by atoms with Gasteiger partial charge in [-0.1, -0.05) is 48.9 Å². The summed E-state index contributed by atoms with van der Waals surface area (Å²) in [6.07, 6.45) is 0.702. The molecule has 8 nitrogen and oxygen atoms in total. The zero-order chi connectivity index (χ0) is 21.3. The predicted octanol–water partition coefficient (Wildman–Crippen LogP) is 2.19. The number of amides is 1. The van der Waals surface area contributed by atoms with E-state index in [0.29, 0.717) is 28.9 Å². The minimum Gasteiger partial charge on any atom is -0.350 e. The van der Waals surface area contributed by atoms with Crippen LogP contribution in [0.3, 0.4) is 0 Å². The number of fused-ring (bicyclic) bond motifs is 3. The second kappa shape index (κ2) is 8.16. The fourth-order valence-electron chi connectivity index (χ4n) is 3.42. The van der Waals surface area contributed by atoms with Gasteiger partial charge in [0.1, 0.15) is 6.54 Å². The van der Waals surface area contributed by atoms with E-state index >= 15 is 0 Å². The van der Waals surface area contributed by atoms with E-state index in [1.54, 1.807) is 30.3 Å². The van der Waals surface area contributed by atoms with Gasteiger partial charge in [0.25, 0.3) is 5.56 Å². The highest BCUT2D eigenvalue weighted by molar-refractivity contribution is 6.31. The van der Waals surface area contributed by atoms with Crippen LogP contribution in [0.1, 0.15) is 18.9 Å². The second-order valence-electron chi connectivity index (χ2n) is 6.92. The molecule has 1 amide bonds. The molecular formula is C21H20ClN5O3. The van der Waals surface area contributed by atoms with Gasteiger partial charge in [-0.15, -0.1) is 5.10 Å². The molecule has 2 aromatic heterocycles. The Hall–Kier alpha value is -3.39. The maximum Gasteiger partial charge on any atom is 0.352 e. The number of aryl methyl sites for hydroxylation is 1. The quantitative estimate of drug-likeness (QED) is 0.512. The lowest BCUT2D eigenvalue weighted by Crippen LogP contribution is -2.32. The molecule has 9 heteroatoms. The van der Waals surface area contributed by atoms with Crippen LogP contribution >= 0.6 is 11.6 Å². The van der Waals surface area contributed by atoms with Crippen LogP contribution in [0.25, 0.3) is 16.7 Å². The number of para-hydroxylation sites is 1. The molecule has 30 heavy (non-hydrogen) atoms. The summed E-state index contributed by atoms with van der Waals surface area (Å²) in [4.78, 5) is 38.3. The van der Waals surface area contributed by atoms with E-state index in [1.807, 2.05) is 25.1 Å². The summed E-state index contributed by atoms with van der Waals surface area (Å²) >= 11 is 6.11. The summed E-state index contributed by atoms with van der Waals surface area (Å²) in [7, 11) is 0. The molecule has 1 N–H and O–H groups in total. The Balaban J connectivity index is 1.71. The van der Waals surface area contributed by atoms with Crippen molar-refractivity contribution < 1.29 is 4.79 Å². The van der Waals surface area contributed by atoms with Crippen molar-refractivity contribution in [3.8, 4) is 0 Å². The van der Waals surface area contributed by atoms with Crippen LogP contribution in [0, 0.1) is 0 Å². The molecule has 0 bridgehead atoms. The minimum atomic E-state index is -0.473. The van der Waals surface area contributed by atoms with Gasteiger partial charge in [-0.05, 0) is 30.2 Å². The number of benzene rings is 2. The van der Waals surface area contributed by atoms with Crippen molar-refractivity contribution >= 4 is 34.2 Å². The summed E-state index contributed by atoms with van der Waals surface area (Å²) in [6.45, 7) is 2.33. The van der Waals surface area contributed by atoms with Crippen LogP contribution in [0.4, 0.5) is 0 Å². The monoisotopic (exact) mass is 425 g/mol. The van der Waals surface area contributed by atoms with Gasteiger partial charge < -0.3 is 5.32 Å². The molecule has 154 valence electrons. The number of carbonyl (C=O) groups is 1. The summed E-state index contributed by atoms with van der Waals surface area (Å²) < 4.78 is 3.94. The summed E-state index contributed by atoms with van der Waals surface area (Å²) in [5.74, 6) is -0.154. The molecule has 0 fully saturated rings. The maximum absolute atomic E-state index is 13.0. The van der Waals surface area contributed by atoms with Gasteiger partial charge in [0.2, 0.25) is 11.7 Å². The van der Waals surface area contributed by atoms with Gasteiger partial charge in [0, 0.05) is 18.1 Å². The first-order valence-electron chi connectivity index (χ1n) is 9.62. The van der Waals surface area contributed by atoms with Gasteiger partial charge in [-0.25, -0.2) is 13.9 Å². The normalized spacial score (nSPS) is 11.3. The van der Waals surface area contributed by atoms with E-state index in [-0.39, 0.29) is 30.3 Å². The van der Waals surface area contributed by atoms with Crippen molar-refractivity contribution in [1.82, 2.24) is 24.1 Å². The Bertz CT molecular complexity index is 1370. The lowest BCUT2D eigenvalue weighted by molar-refractivity contribution is -0.122. The number of rotatable bonds is 6. The van der Waals surface area contributed by atoms with Crippen LogP contribution < -0.4 is 16.6 Å². The molecule has 0 radical (unpaired) electrons. The highest BCUT2D eigenvalue weighted by Gasteiger charge is 2.18. The molecule has 0 saturated heterocycles. The highest BCUT2D eigenvalue weighted by Crippen LogP contribution is 2.14. The van der Waals surface area contributed by atoms with E-state index in [1.165, 1.54) is 8.97 Å². The number of hydrogen-bond acceptors (Lipinski definition) is 4. The molecule has 0 aliphatic carbocycles. The first-order valence-corrected chi connectivity index (χ1v) is 10.00. The van der Waals surface area contributed by atoms with Gasteiger partial charge in [-0.3, -0.25) is 14.2 Å². The van der Waals surface area contributed by atoms with Gasteiger partial charge in [0.05, 0.1) is 10.9 Å². The van der Waals surface area contributed by atoms with E-state index in [9.17, 15) is 14.4 Å². The molecular weight excluding hydrogens is 406 g/mol. The number of nitrogens with one attached hydrogen (secondary N) is 1. The van der Waals surface area contributed by atoms with Crippen molar-refractivity contribution in [2.24, 2.45) is 0 Å². The van der Waals surface area contributed by atoms with E-state index < -0.39 is 5.69 Å². The third-order valence-electron chi connectivity index (χ3n) is 4.86. The number of aromatic nitrogens is 4. The topological polar surface area (TPSA) is 90.4 Å². The molecule has 0 saturated carbocycles. The number of carbonyl (C=O) groups excluding carboxylic acids is 1. The average Bonchev–Trinajstić information content (AvgIpc) is 3.06. The van der Waals surface area contributed by atoms with Gasteiger partial charge in [-0.2, -0.15) is 0 Å². The SMILES string of the molecule is CCCn1c(=O)c2ccccc2n2c(=O)n(CC(=O)NCc3ccccc3Cl)nc12. The van der Waals surface area contributed by atoms with Crippen LogP contribution in [-0.2, 0) is 24.4 Å². The van der Waals surface area contributed by atoms with E-state index in [2.05, 4.69) is 10.4 Å². The summed E-state index contributed by atoms with van der Waals surface area (Å²) in [5, 5.41) is 8.03. The van der Waals surface area contributed by atoms with Crippen molar-refractivity contribution in [2.45, 2.75) is 33.0 Å². The molecule has 4 aromatic rings. The summed E-state index contributed by atoms with van der Waals surface area (Å²) in [5.41, 5.74) is 0.564. The Kier molecular flexibility index (Phi) is 5.41. The fourth-order valence-corrected chi connectivity index (χ4v) is 3.63. The van der Waals surface area contributed by atoms with Crippen molar-refractivity contribution in [1.29, 1.82) is 0 Å². The molecule has 4 rings (SSSR count). The van der Waals surface area contributed by atoms with Crippen molar-refractivity contribution in [2.75, 3.05) is 0 Å². The maximum atomic E-state index is 13.0. The average molecular weight is 426 g/mol. The first kappa shape index (κ1) is 19.9. The third-order valence-corrected chi connectivity index (χ3v) is 5.23. The van der Waals surface area contributed by atoms with Crippen molar-refractivity contribution in [3.63, 3.8) is 0 Å². The smallest absolute Gasteiger partial charge is 0.350 e. The number of nitrogens with zero attached hydrogens (tertiary/aromatic N) is 4. The summed E-state index contributed by atoms with van der Waals surface area (Å²) in [6, 6.07) is 14.1. The van der Waals surface area contributed by atoms with E-state index in [0.717, 1.165) is 10.2 Å². The van der Waals surface area contributed by atoms with Crippen molar-refractivity contribution in [3.05, 3.63) is 80.0 Å². The molecule has 0 aliphatic heterocycles. The second-order valence-corrected chi connectivity index (χ2v) is 7.32. The van der Waals surface area contributed by atoms with Crippen LogP contribution in [0.15, 0.2) is 58.1 Å². The Morgan fingerprint density at radius 3 is 2.60 bits per heavy atom. The minimum absolute atomic E-state index is 0.208. The number of hydrogen-bond donors (Lipinski definition) is 1. The van der Waals surface area contributed by atoms with E-state index in [4.69, 9.17) is 11.6 Å². The largest absolute Gasteiger partial charge is 0.352 e. The lowest BCUT2D eigenvalue weighted by Gasteiger charge is -2.07. The predicted molar refractivity (Wildman–Crippen MR) is 115 cm³/mol. The zero-order valence-electron chi connectivity index (χ0n) is 16.3. The molecule has 0 atom stereocenters. The standard InChI is InChI=1S/C21H20ClN5O3/c1-2-11-25-19(29)15-8-4-6-10-17(15)27-20(25)24-26(21(27)30)13-18(28)23-12-14-7-3-5-9-16(14)22/h3-10H,2,11-13H2,1H3,(H,23,28). The first-order chi connectivity index (χ1) is 14.5. The molecule has 2 aromatic carbocycles. The Labute approximate surface area is 176 Å². The Morgan fingerprint density at radius 1 is 1.10 bits per heavy atom. The lowest BCUT2D eigenvalue weighted by atomic mass is 10.2. The molecule has 0 aliphatic rings. The molecule has 0 spiro atoms. The van der Waals surface area contributed by atoms with Crippen LogP contribution in [0.5, 0.6) is 0 Å². The number of halogens is 1. The highest BCUT2D eigenvalue weighted by atomic mass is 35.5.